The maximum atomic E-state index is 5.35. The van der Waals surface area contributed by atoms with Crippen molar-refractivity contribution < 1.29 is 4.74 Å². The van der Waals surface area contributed by atoms with E-state index in [1.165, 1.54) is 5.57 Å². The van der Waals surface area contributed by atoms with E-state index in [2.05, 4.69) is 35.9 Å². The van der Waals surface area contributed by atoms with Crippen molar-refractivity contribution in [2.75, 3.05) is 32.8 Å². The van der Waals surface area contributed by atoms with Gasteiger partial charge in [-0.3, -0.25) is 9.89 Å². The minimum atomic E-state index is 0.109. The lowest BCUT2D eigenvalue weighted by molar-refractivity contribution is 0.0428. The van der Waals surface area contributed by atoms with Crippen LogP contribution in [0.25, 0.3) is 0 Å². The predicted molar refractivity (Wildman–Crippen MR) is 66.8 cm³/mol. The Morgan fingerprint density at radius 2 is 2.12 bits per heavy atom. The molecule has 2 heterocycles. The molecule has 2 rings (SSSR count). The first-order valence-corrected chi connectivity index (χ1v) is 5.88. The highest BCUT2D eigenvalue weighted by Crippen LogP contribution is 2.22. The van der Waals surface area contributed by atoms with Gasteiger partial charge in [0.1, 0.15) is 0 Å². The molecule has 3 nitrogen and oxygen atoms in total. The number of nitrogens with zero attached hydrogens (tertiary/aromatic N) is 2. The second kappa shape index (κ2) is 4.93. The van der Waals surface area contributed by atoms with E-state index in [9.17, 15) is 0 Å². The van der Waals surface area contributed by atoms with Gasteiger partial charge >= 0.3 is 0 Å². The van der Waals surface area contributed by atoms with Crippen molar-refractivity contribution in [3.63, 3.8) is 0 Å². The van der Waals surface area contributed by atoms with Crippen LogP contribution < -0.4 is 0 Å². The Hall–Kier alpha value is -0.930. The minimum absolute atomic E-state index is 0.109. The van der Waals surface area contributed by atoms with E-state index in [1.807, 2.05) is 12.4 Å². The second-order valence-corrected chi connectivity index (χ2v) is 5.02. The van der Waals surface area contributed by atoms with Gasteiger partial charge < -0.3 is 4.74 Å². The van der Waals surface area contributed by atoms with Crippen molar-refractivity contribution in [1.82, 2.24) is 4.90 Å². The molecule has 0 bridgehead atoms. The molecule has 0 saturated carbocycles. The lowest BCUT2D eigenvalue weighted by atomic mass is 9.91. The molecule has 0 N–H and O–H groups in total. The lowest BCUT2D eigenvalue weighted by Gasteiger charge is -2.27. The van der Waals surface area contributed by atoms with E-state index in [0.717, 1.165) is 32.8 Å². The van der Waals surface area contributed by atoms with Gasteiger partial charge in [0, 0.05) is 37.5 Å². The maximum Gasteiger partial charge on any atom is 0.0594 e. The fraction of sp³-hybridized carbons (Fsp3) is 0.615. The van der Waals surface area contributed by atoms with E-state index in [4.69, 9.17) is 4.74 Å². The molecule has 0 aromatic rings. The first-order chi connectivity index (χ1) is 7.66. The van der Waals surface area contributed by atoms with Gasteiger partial charge in [-0.15, -0.1) is 0 Å². The zero-order valence-electron chi connectivity index (χ0n) is 10.1. The SMILES string of the molecule is CC1(C)C=CN=CC(CN2CCOCC2)=C1. The number of morpholine rings is 1. The van der Waals surface area contributed by atoms with Gasteiger partial charge in [-0.2, -0.15) is 0 Å². The van der Waals surface area contributed by atoms with Gasteiger partial charge in [0.05, 0.1) is 13.2 Å². The van der Waals surface area contributed by atoms with Gasteiger partial charge in [-0.05, 0) is 5.57 Å². The summed E-state index contributed by atoms with van der Waals surface area (Å²) in [4.78, 5) is 6.70. The molecule has 3 heteroatoms. The van der Waals surface area contributed by atoms with Crippen LogP contribution >= 0.6 is 0 Å². The van der Waals surface area contributed by atoms with Crippen LogP contribution in [0, 0.1) is 5.41 Å². The third kappa shape index (κ3) is 3.29. The lowest BCUT2D eigenvalue weighted by Crippen LogP contribution is -2.37. The van der Waals surface area contributed by atoms with Crippen molar-refractivity contribution >= 4 is 6.21 Å². The molecule has 1 saturated heterocycles. The van der Waals surface area contributed by atoms with Crippen molar-refractivity contribution in [2.45, 2.75) is 13.8 Å². The molecule has 2 aliphatic heterocycles. The number of ether oxygens (including phenoxy) is 1. The summed E-state index contributed by atoms with van der Waals surface area (Å²) in [5, 5.41) is 0. The normalized spacial score (nSPS) is 25.2. The van der Waals surface area contributed by atoms with Crippen LogP contribution in [0.5, 0.6) is 0 Å². The zero-order valence-corrected chi connectivity index (χ0v) is 10.1. The molecular formula is C13H20N2O. The Labute approximate surface area is 97.5 Å². The Kier molecular flexibility index (Phi) is 3.56. The van der Waals surface area contributed by atoms with Crippen LogP contribution in [0.1, 0.15) is 13.8 Å². The monoisotopic (exact) mass is 220 g/mol. The van der Waals surface area contributed by atoms with Gasteiger partial charge in [0.15, 0.2) is 0 Å². The number of rotatable bonds is 2. The molecule has 0 radical (unpaired) electrons. The highest BCUT2D eigenvalue weighted by molar-refractivity contribution is 5.80. The molecule has 1 fully saturated rings. The zero-order chi connectivity index (χ0) is 11.4. The number of hydrogen-bond donors (Lipinski definition) is 0. The van der Waals surface area contributed by atoms with Crippen molar-refractivity contribution in [1.29, 1.82) is 0 Å². The first-order valence-electron chi connectivity index (χ1n) is 5.88. The quantitative estimate of drug-likeness (QED) is 0.709. The summed E-state index contributed by atoms with van der Waals surface area (Å²) < 4.78 is 5.35. The molecule has 0 amide bonds. The van der Waals surface area contributed by atoms with E-state index < -0.39 is 0 Å². The van der Waals surface area contributed by atoms with E-state index in [0.29, 0.717) is 0 Å². The maximum absolute atomic E-state index is 5.35. The van der Waals surface area contributed by atoms with E-state index >= 15 is 0 Å². The van der Waals surface area contributed by atoms with Crippen LogP contribution in [0.2, 0.25) is 0 Å². The highest BCUT2D eigenvalue weighted by atomic mass is 16.5. The van der Waals surface area contributed by atoms with E-state index in [-0.39, 0.29) is 5.41 Å². The topological polar surface area (TPSA) is 24.8 Å². The van der Waals surface area contributed by atoms with Crippen molar-refractivity contribution in [3.8, 4) is 0 Å². The summed E-state index contributed by atoms with van der Waals surface area (Å²) in [5.41, 5.74) is 1.41. The Balaban J connectivity index is 2.00. The largest absolute Gasteiger partial charge is 0.379 e. The minimum Gasteiger partial charge on any atom is -0.379 e. The van der Waals surface area contributed by atoms with Gasteiger partial charge in [0.25, 0.3) is 0 Å². The molecule has 0 spiro atoms. The molecule has 0 aromatic heterocycles. The molecule has 0 unspecified atom stereocenters. The van der Waals surface area contributed by atoms with Crippen molar-refractivity contribution in [3.05, 3.63) is 23.9 Å². The molecular weight excluding hydrogens is 200 g/mol. The molecule has 88 valence electrons. The van der Waals surface area contributed by atoms with Crippen LogP contribution in [0.15, 0.2) is 28.9 Å². The summed E-state index contributed by atoms with van der Waals surface area (Å²) in [7, 11) is 0. The molecule has 0 aliphatic carbocycles. The fourth-order valence-corrected chi connectivity index (χ4v) is 2.04. The number of allylic oxidation sites excluding steroid dienone is 2. The Bertz CT molecular complexity index is 323. The Morgan fingerprint density at radius 3 is 2.88 bits per heavy atom. The third-order valence-electron chi connectivity index (χ3n) is 2.90. The predicted octanol–water partition coefficient (Wildman–Crippen LogP) is 1.87. The van der Waals surface area contributed by atoms with Gasteiger partial charge in [0.2, 0.25) is 0 Å². The summed E-state index contributed by atoms with van der Waals surface area (Å²) in [5.74, 6) is 0. The summed E-state index contributed by atoms with van der Waals surface area (Å²) in [6, 6.07) is 0. The van der Waals surface area contributed by atoms with Gasteiger partial charge in [-0.25, -0.2) is 0 Å². The van der Waals surface area contributed by atoms with E-state index in [1.54, 1.807) is 0 Å². The highest BCUT2D eigenvalue weighted by Gasteiger charge is 2.16. The fourth-order valence-electron chi connectivity index (χ4n) is 2.04. The number of aliphatic imine (C=N–C) groups is 1. The summed E-state index contributed by atoms with van der Waals surface area (Å²) >= 11 is 0. The Morgan fingerprint density at radius 1 is 1.38 bits per heavy atom. The molecule has 16 heavy (non-hydrogen) atoms. The summed E-state index contributed by atoms with van der Waals surface area (Å²) in [6.07, 6.45) is 8.30. The first kappa shape index (κ1) is 11.6. The standard InChI is InChI=1S/C13H20N2O/c1-13(2)3-4-14-10-12(9-13)11-15-5-7-16-8-6-15/h3-4,9-10H,5-8,11H2,1-2H3. The van der Waals surface area contributed by atoms with Crippen molar-refractivity contribution in [2.24, 2.45) is 10.4 Å². The molecule has 0 atom stereocenters. The van der Waals surface area contributed by atoms with Crippen LogP contribution in [-0.4, -0.2) is 44.0 Å². The average molecular weight is 220 g/mol. The second-order valence-electron chi connectivity index (χ2n) is 5.02. The number of hydrogen-bond acceptors (Lipinski definition) is 3. The van der Waals surface area contributed by atoms with Crippen LogP contribution in [0.4, 0.5) is 0 Å². The smallest absolute Gasteiger partial charge is 0.0594 e. The van der Waals surface area contributed by atoms with Gasteiger partial charge in [-0.1, -0.05) is 26.0 Å². The van der Waals surface area contributed by atoms with Crippen LogP contribution in [0.3, 0.4) is 0 Å². The third-order valence-corrected chi connectivity index (χ3v) is 2.90. The average Bonchev–Trinajstić information content (AvgIpc) is 2.40. The molecule has 0 aromatic carbocycles. The summed E-state index contributed by atoms with van der Waals surface area (Å²) in [6.45, 7) is 9.16. The van der Waals surface area contributed by atoms with Crippen LogP contribution in [-0.2, 0) is 4.74 Å². The molecule has 2 aliphatic rings.